The van der Waals surface area contributed by atoms with Gasteiger partial charge in [-0.2, -0.15) is 0 Å². The maximum Gasteiger partial charge on any atom is 0.159 e. The third kappa shape index (κ3) is 1.77. The number of furan rings is 1. The Morgan fingerprint density at radius 1 is 0.815 bits per heavy atom. The highest BCUT2D eigenvalue weighted by atomic mass is 16.3. The van der Waals surface area contributed by atoms with Crippen LogP contribution in [0.5, 0.6) is 0 Å². The summed E-state index contributed by atoms with van der Waals surface area (Å²) in [5.74, 6) is 0.979. The van der Waals surface area contributed by atoms with E-state index in [1.54, 1.807) is 0 Å². The molecule has 0 radical (unpaired) electrons. The second-order valence-corrected chi connectivity index (χ2v) is 8.01. The molecule has 6 rings (SSSR count). The van der Waals surface area contributed by atoms with Gasteiger partial charge in [0.1, 0.15) is 11.7 Å². The van der Waals surface area contributed by atoms with Crippen LogP contribution in [-0.4, -0.2) is 13.2 Å². The predicted molar refractivity (Wildman–Crippen MR) is 112 cm³/mol. The first-order valence-corrected chi connectivity index (χ1v) is 9.72. The fraction of sp³-hybridized carbons (Fsp3) is 0.250. The van der Waals surface area contributed by atoms with Gasteiger partial charge in [-0.25, -0.2) is 0 Å². The van der Waals surface area contributed by atoms with E-state index in [4.69, 9.17) is 4.42 Å². The molecule has 0 saturated carbocycles. The van der Waals surface area contributed by atoms with Gasteiger partial charge in [-0.15, -0.1) is 0 Å². The Morgan fingerprint density at radius 2 is 1.56 bits per heavy atom. The molecule has 3 atom stereocenters. The summed E-state index contributed by atoms with van der Waals surface area (Å²) in [6, 6.07) is 21.6. The molecule has 4 aromatic rings. The van der Waals surface area contributed by atoms with Crippen molar-refractivity contribution in [1.82, 2.24) is 0 Å². The van der Waals surface area contributed by atoms with Crippen LogP contribution in [0.15, 0.2) is 65.1 Å². The van der Waals surface area contributed by atoms with Gasteiger partial charge in [0.25, 0.3) is 0 Å². The monoisotopic (exact) mass is 354 g/mol. The predicted octanol–water partition coefficient (Wildman–Crippen LogP) is 6.25. The van der Waals surface area contributed by atoms with Crippen LogP contribution in [0.25, 0.3) is 21.9 Å². The van der Waals surface area contributed by atoms with Gasteiger partial charge in [-0.1, -0.05) is 56.3 Å². The van der Waals surface area contributed by atoms with Crippen LogP contribution in [-0.2, 0) is 0 Å². The number of benzene rings is 3. The summed E-state index contributed by atoms with van der Waals surface area (Å²) in [6.45, 7) is 4.72. The lowest BCUT2D eigenvalue weighted by Crippen LogP contribution is -2.48. The second kappa shape index (κ2) is 5.07. The third-order valence-corrected chi connectivity index (χ3v) is 6.72. The fourth-order valence-corrected chi connectivity index (χ4v) is 5.21. The average molecular weight is 354 g/mol. The molecule has 3 heterocycles. The van der Waals surface area contributed by atoms with Gasteiger partial charge in [0, 0.05) is 23.7 Å². The van der Waals surface area contributed by atoms with Gasteiger partial charge >= 0.3 is 0 Å². The molecular weight excluding hydrogens is 332 g/mol. The van der Waals surface area contributed by atoms with Crippen molar-refractivity contribution in [3.05, 3.63) is 66.2 Å². The van der Waals surface area contributed by atoms with E-state index in [0.717, 1.165) is 11.2 Å². The number of rotatable bonds is 0. The average Bonchev–Trinajstić information content (AvgIpc) is 3.22. The number of para-hydroxylation sites is 3. The molecule has 0 fully saturated rings. The molecule has 1 aromatic heterocycles. The molecule has 27 heavy (non-hydrogen) atoms. The van der Waals surface area contributed by atoms with Crippen LogP contribution in [0.4, 0.5) is 17.1 Å². The van der Waals surface area contributed by atoms with Crippen molar-refractivity contribution in [2.45, 2.75) is 25.9 Å². The molecule has 3 nitrogen and oxygen atoms in total. The van der Waals surface area contributed by atoms with E-state index in [2.05, 4.69) is 85.3 Å². The molecule has 2 aliphatic heterocycles. The summed E-state index contributed by atoms with van der Waals surface area (Å²) in [6.07, 6.45) is 0.309. The lowest BCUT2D eigenvalue weighted by molar-refractivity contribution is 0.379. The largest absolute Gasteiger partial charge is 0.454 e. The van der Waals surface area contributed by atoms with Crippen molar-refractivity contribution < 1.29 is 4.42 Å². The van der Waals surface area contributed by atoms with Crippen LogP contribution in [0.3, 0.4) is 0 Å². The molecule has 0 N–H and O–H groups in total. The molecular formula is C24H22N2O. The maximum absolute atomic E-state index is 6.43. The summed E-state index contributed by atoms with van der Waals surface area (Å²) in [5.41, 5.74) is 7.18. The second-order valence-electron chi connectivity index (χ2n) is 8.01. The number of hydrogen-bond acceptors (Lipinski definition) is 3. The van der Waals surface area contributed by atoms with Crippen molar-refractivity contribution in [3.8, 4) is 0 Å². The Labute approximate surface area is 158 Å². The first-order valence-electron chi connectivity index (χ1n) is 9.72. The highest BCUT2D eigenvalue weighted by Gasteiger charge is 2.46. The molecule has 0 spiro atoms. The molecule has 3 aromatic carbocycles. The van der Waals surface area contributed by atoms with Crippen molar-refractivity contribution in [1.29, 1.82) is 0 Å². The van der Waals surface area contributed by atoms with Crippen LogP contribution in [0.2, 0.25) is 0 Å². The van der Waals surface area contributed by atoms with Gasteiger partial charge in [0.2, 0.25) is 0 Å². The molecule has 0 aliphatic carbocycles. The van der Waals surface area contributed by atoms with Crippen LogP contribution in [0, 0.1) is 5.92 Å². The first-order chi connectivity index (χ1) is 13.2. The highest BCUT2D eigenvalue weighted by Crippen LogP contribution is 2.55. The first kappa shape index (κ1) is 15.2. The Bertz CT molecular complexity index is 1210. The fourth-order valence-electron chi connectivity index (χ4n) is 5.21. The summed E-state index contributed by atoms with van der Waals surface area (Å²) in [7, 11) is 2.22. The SMILES string of the molecule is CC1c2ccc3c(oc4ccccc43)c2N2c3ccccc3N(C)C2C1C. The van der Waals surface area contributed by atoms with Crippen molar-refractivity contribution in [3.63, 3.8) is 0 Å². The quantitative estimate of drug-likeness (QED) is 0.372. The molecule has 134 valence electrons. The normalized spacial score (nSPS) is 23.6. The van der Waals surface area contributed by atoms with Crippen molar-refractivity contribution >= 4 is 39.0 Å². The molecule has 0 bridgehead atoms. The van der Waals surface area contributed by atoms with Gasteiger partial charge in [0.15, 0.2) is 5.58 Å². The van der Waals surface area contributed by atoms with Gasteiger partial charge < -0.3 is 14.2 Å². The Hall–Kier alpha value is -2.94. The number of anilines is 3. The highest BCUT2D eigenvalue weighted by molar-refractivity contribution is 6.11. The van der Waals surface area contributed by atoms with Gasteiger partial charge in [-0.05, 0) is 29.7 Å². The van der Waals surface area contributed by atoms with E-state index in [9.17, 15) is 0 Å². The van der Waals surface area contributed by atoms with E-state index >= 15 is 0 Å². The van der Waals surface area contributed by atoms with E-state index in [1.165, 1.54) is 33.4 Å². The zero-order valence-corrected chi connectivity index (χ0v) is 15.8. The molecule has 3 heteroatoms. The number of fused-ring (bicyclic) bond motifs is 9. The van der Waals surface area contributed by atoms with E-state index in [1.807, 2.05) is 6.07 Å². The zero-order chi connectivity index (χ0) is 18.3. The van der Waals surface area contributed by atoms with Crippen LogP contribution in [0.1, 0.15) is 25.3 Å². The minimum absolute atomic E-state index is 0.309. The topological polar surface area (TPSA) is 19.6 Å². The van der Waals surface area contributed by atoms with Gasteiger partial charge in [-0.3, -0.25) is 0 Å². The molecule has 0 saturated heterocycles. The maximum atomic E-state index is 6.43. The standard InChI is InChI=1S/C24H22N2O/c1-14-15(2)24-25(3)19-9-5-6-10-20(19)26(24)22-16(14)12-13-18-17-8-4-7-11-21(17)27-23(18)22/h4-15,24H,1-3H3. The summed E-state index contributed by atoms with van der Waals surface area (Å²) < 4.78 is 6.43. The summed E-state index contributed by atoms with van der Waals surface area (Å²) in [5, 5.41) is 2.40. The number of nitrogens with zero attached hydrogens (tertiary/aromatic N) is 2. The summed E-state index contributed by atoms with van der Waals surface area (Å²) in [4.78, 5) is 4.95. The van der Waals surface area contributed by atoms with Gasteiger partial charge in [0.05, 0.1) is 17.1 Å². The van der Waals surface area contributed by atoms with E-state index in [-0.39, 0.29) is 0 Å². The summed E-state index contributed by atoms with van der Waals surface area (Å²) >= 11 is 0. The Balaban J connectivity index is 1.74. The third-order valence-electron chi connectivity index (χ3n) is 6.72. The Kier molecular flexibility index (Phi) is 2.84. The lowest BCUT2D eigenvalue weighted by atomic mass is 9.81. The van der Waals surface area contributed by atoms with E-state index in [0.29, 0.717) is 18.0 Å². The number of hydrogen-bond donors (Lipinski definition) is 0. The lowest BCUT2D eigenvalue weighted by Gasteiger charge is -2.44. The minimum atomic E-state index is 0.309. The minimum Gasteiger partial charge on any atom is -0.454 e. The Morgan fingerprint density at radius 3 is 2.41 bits per heavy atom. The van der Waals surface area contributed by atoms with E-state index < -0.39 is 0 Å². The van der Waals surface area contributed by atoms with Crippen LogP contribution >= 0.6 is 0 Å². The molecule has 2 aliphatic rings. The van der Waals surface area contributed by atoms with Crippen molar-refractivity contribution in [2.75, 3.05) is 16.8 Å². The smallest absolute Gasteiger partial charge is 0.159 e. The van der Waals surface area contributed by atoms with Crippen molar-refractivity contribution in [2.24, 2.45) is 5.92 Å². The molecule has 3 unspecified atom stereocenters. The molecule has 0 amide bonds. The zero-order valence-electron chi connectivity index (χ0n) is 15.8. The van der Waals surface area contributed by atoms with Crippen LogP contribution < -0.4 is 9.80 Å².